The molecule has 0 radical (unpaired) electrons. The number of ether oxygens (including phenoxy) is 1. The Morgan fingerprint density at radius 2 is 1.97 bits per heavy atom. The molecule has 0 aliphatic heterocycles. The van der Waals surface area contributed by atoms with Gasteiger partial charge >= 0.3 is 11.7 Å². The van der Waals surface area contributed by atoms with Crippen molar-refractivity contribution in [3.05, 3.63) is 73.9 Å². The van der Waals surface area contributed by atoms with Crippen molar-refractivity contribution in [3.8, 4) is 0 Å². The van der Waals surface area contributed by atoms with E-state index in [0.717, 1.165) is 10.4 Å². The molecular weight excluding hydrogens is 432 g/mol. The first-order valence-electron chi connectivity index (χ1n) is 10.1. The van der Waals surface area contributed by atoms with Gasteiger partial charge in [-0.2, -0.15) is 5.10 Å². The zero-order valence-electron chi connectivity index (χ0n) is 18.2. The number of nitro groups is 1. The first-order chi connectivity index (χ1) is 15.2. The van der Waals surface area contributed by atoms with E-state index in [0.29, 0.717) is 5.00 Å². The van der Waals surface area contributed by atoms with E-state index in [1.165, 1.54) is 22.9 Å². The van der Waals surface area contributed by atoms with Gasteiger partial charge in [-0.25, -0.2) is 4.79 Å². The van der Waals surface area contributed by atoms with Crippen molar-refractivity contribution in [1.82, 2.24) is 9.78 Å². The maximum Gasteiger partial charge on any atom is 0.341 e. The van der Waals surface area contributed by atoms with E-state index in [2.05, 4.69) is 10.4 Å². The lowest BCUT2D eigenvalue weighted by Gasteiger charge is -2.09. The zero-order chi connectivity index (χ0) is 23.4. The van der Waals surface area contributed by atoms with Gasteiger partial charge in [0.05, 0.1) is 17.1 Å². The maximum absolute atomic E-state index is 12.7. The molecule has 1 aromatic carbocycles. The number of esters is 1. The molecule has 0 unspecified atom stereocenters. The Labute approximate surface area is 189 Å². The van der Waals surface area contributed by atoms with Crippen LogP contribution in [0.4, 0.5) is 10.7 Å². The van der Waals surface area contributed by atoms with E-state index in [1.807, 2.05) is 37.3 Å². The summed E-state index contributed by atoms with van der Waals surface area (Å²) in [6.07, 6.45) is 0. The second-order valence-corrected chi connectivity index (χ2v) is 8.31. The highest BCUT2D eigenvalue weighted by atomic mass is 32.1. The van der Waals surface area contributed by atoms with Gasteiger partial charge in [-0.05, 0) is 32.4 Å². The Balaban J connectivity index is 1.87. The highest BCUT2D eigenvalue weighted by Crippen LogP contribution is 2.36. The molecule has 9 nitrogen and oxygen atoms in total. The fourth-order valence-corrected chi connectivity index (χ4v) is 4.53. The number of aryl methyl sites for hydroxylation is 1. The maximum atomic E-state index is 12.7. The molecule has 0 aliphatic carbocycles. The molecule has 0 spiro atoms. The lowest BCUT2D eigenvalue weighted by molar-refractivity contribution is -0.386. The van der Waals surface area contributed by atoms with Crippen molar-refractivity contribution < 1.29 is 19.2 Å². The van der Waals surface area contributed by atoms with Crippen LogP contribution in [0.5, 0.6) is 0 Å². The predicted octanol–water partition coefficient (Wildman–Crippen LogP) is 4.44. The van der Waals surface area contributed by atoms with Crippen molar-refractivity contribution in [1.29, 1.82) is 0 Å². The minimum absolute atomic E-state index is 0.0127. The van der Waals surface area contributed by atoms with Crippen LogP contribution < -0.4 is 5.32 Å². The van der Waals surface area contributed by atoms with Crippen LogP contribution in [0.3, 0.4) is 0 Å². The van der Waals surface area contributed by atoms with Gasteiger partial charge in [0.15, 0.2) is 0 Å². The number of benzene rings is 1. The molecule has 10 heteroatoms. The van der Waals surface area contributed by atoms with Crippen LogP contribution in [0, 0.1) is 24.0 Å². The molecule has 0 bridgehead atoms. The van der Waals surface area contributed by atoms with Crippen LogP contribution >= 0.6 is 11.3 Å². The number of nitrogens with zero attached hydrogens (tertiary/aromatic N) is 3. The van der Waals surface area contributed by atoms with Gasteiger partial charge in [0, 0.05) is 10.8 Å². The lowest BCUT2D eigenvalue weighted by atomic mass is 9.99. The third-order valence-electron chi connectivity index (χ3n) is 5.05. The fourth-order valence-electron chi connectivity index (χ4n) is 3.39. The van der Waals surface area contributed by atoms with Gasteiger partial charge in [0.1, 0.15) is 22.9 Å². The molecule has 2 heterocycles. The zero-order valence-corrected chi connectivity index (χ0v) is 19.1. The summed E-state index contributed by atoms with van der Waals surface area (Å²) < 4.78 is 6.44. The number of aromatic nitrogens is 2. The number of carbonyl (C=O) groups excluding carboxylic acids is 2. The topological polar surface area (TPSA) is 116 Å². The van der Waals surface area contributed by atoms with E-state index in [1.54, 1.807) is 19.9 Å². The summed E-state index contributed by atoms with van der Waals surface area (Å²) in [4.78, 5) is 36.8. The molecule has 2 aromatic heterocycles. The SMILES string of the molecule is CCOC(=O)c1cc([C@@H](C)c2ccccc2)sc1NC(=O)Cn1nc(C)c([N+](=O)[O-])c1C. The van der Waals surface area contributed by atoms with Crippen molar-refractivity contribution in [2.45, 2.75) is 40.2 Å². The number of hydrogen-bond acceptors (Lipinski definition) is 7. The summed E-state index contributed by atoms with van der Waals surface area (Å²) >= 11 is 1.30. The standard InChI is InChI=1S/C22H24N4O5S/c1-5-31-22(28)17-11-18(13(2)16-9-7-6-8-10-16)32-21(17)23-19(27)12-25-15(4)20(26(29)30)14(3)24-25/h6-11,13H,5,12H2,1-4H3,(H,23,27)/t13-/m0/s1. The van der Waals surface area contributed by atoms with Gasteiger partial charge in [0.25, 0.3) is 0 Å². The van der Waals surface area contributed by atoms with E-state index < -0.39 is 16.8 Å². The number of hydrogen-bond donors (Lipinski definition) is 1. The highest BCUT2D eigenvalue weighted by Gasteiger charge is 2.25. The van der Waals surface area contributed by atoms with E-state index in [-0.39, 0.29) is 41.7 Å². The summed E-state index contributed by atoms with van der Waals surface area (Å²) in [6.45, 7) is 6.79. The Bertz CT molecular complexity index is 1150. The van der Waals surface area contributed by atoms with Crippen LogP contribution in [0.15, 0.2) is 36.4 Å². The molecule has 3 aromatic rings. The van der Waals surface area contributed by atoms with E-state index >= 15 is 0 Å². The summed E-state index contributed by atoms with van der Waals surface area (Å²) in [7, 11) is 0. The second-order valence-electron chi connectivity index (χ2n) is 7.23. The summed E-state index contributed by atoms with van der Waals surface area (Å²) in [5, 5.41) is 18.4. The van der Waals surface area contributed by atoms with Crippen LogP contribution in [0.25, 0.3) is 0 Å². The number of anilines is 1. The molecule has 0 saturated carbocycles. The number of amides is 1. The monoisotopic (exact) mass is 456 g/mol. The fraction of sp³-hybridized carbons (Fsp3) is 0.318. The Morgan fingerprint density at radius 3 is 2.56 bits per heavy atom. The number of nitrogens with one attached hydrogen (secondary N) is 1. The number of carbonyl (C=O) groups is 2. The Morgan fingerprint density at radius 1 is 1.28 bits per heavy atom. The van der Waals surface area contributed by atoms with Crippen LogP contribution in [-0.2, 0) is 16.1 Å². The van der Waals surface area contributed by atoms with Gasteiger partial charge < -0.3 is 10.1 Å². The Hall–Kier alpha value is -3.53. The Kier molecular flexibility index (Phi) is 7.04. The molecule has 1 atom stereocenters. The number of thiophene rings is 1. The van der Waals surface area contributed by atoms with Gasteiger partial charge in [0.2, 0.25) is 5.91 Å². The molecule has 0 aliphatic rings. The van der Waals surface area contributed by atoms with Crippen LogP contribution in [-0.4, -0.2) is 33.2 Å². The molecular formula is C22H24N4O5S. The molecule has 32 heavy (non-hydrogen) atoms. The summed E-state index contributed by atoms with van der Waals surface area (Å²) in [6, 6.07) is 11.6. The van der Waals surface area contributed by atoms with Crippen molar-refractivity contribution in [2.75, 3.05) is 11.9 Å². The average molecular weight is 457 g/mol. The lowest BCUT2D eigenvalue weighted by Crippen LogP contribution is -2.21. The molecule has 3 rings (SSSR count). The smallest absolute Gasteiger partial charge is 0.341 e. The minimum Gasteiger partial charge on any atom is -0.462 e. The number of rotatable bonds is 8. The second kappa shape index (κ2) is 9.73. The summed E-state index contributed by atoms with van der Waals surface area (Å²) in [5.41, 5.74) is 1.78. The largest absolute Gasteiger partial charge is 0.462 e. The molecule has 1 N–H and O–H groups in total. The molecule has 1 amide bonds. The highest BCUT2D eigenvalue weighted by molar-refractivity contribution is 7.16. The van der Waals surface area contributed by atoms with E-state index in [9.17, 15) is 19.7 Å². The molecule has 0 fully saturated rings. The van der Waals surface area contributed by atoms with Gasteiger partial charge in [-0.15, -0.1) is 11.3 Å². The first kappa shape index (κ1) is 23.1. The molecule has 168 valence electrons. The molecule has 0 saturated heterocycles. The third kappa shape index (κ3) is 4.86. The van der Waals surface area contributed by atoms with E-state index in [4.69, 9.17) is 4.74 Å². The minimum atomic E-state index is -0.521. The van der Waals surface area contributed by atoms with Gasteiger partial charge in [-0.3, -0.25) is 19.6 Å². The summed E-state index contributed by atoms with van der Waals surface area (Å²) in [5.74, 6) is -0.956. The average Bonchev–Trinajstić information content (AvgIpc) is 3.28. The van der Waals surface area contributed by atoms with Gasteiger partial charge in [-0.1, -0.05) is 37.3 Å². The van der Waals surface area contributed by atoms with Crippen molar-refractivity contribution >= 4 is 33.9 Å². The quantitative estimate of drug-likeness (QED) is 0.304. The first-order valence-corrected chi connectivity index (χ1v) is 10.9. The normalized spacial score (nSPS) is 11.8. The van der Waals surface area contributed by atoms with Crippen molar-refractivity contribution in [2.24, 2.45) is 0 Å². The van der Waals surface area contributed by atoms with Crippen LogP contribution in [0.2, 0.25) is 0 Å². The third-order valence-corrected chi connectivity index (χ3v) is 6.28. The predicted molar refractivity (Wildman–Crippen MR) is 121 cm³/mol. The van der Waals surface area contributed by atoms with Crippen LogP contribution in [0.1, 0.15) is 52.0 Å². The van der Waals surface area contributed by atoms with Crippen molar-refractivity contribution in [3.63, 3.8) is 0 Å².